The summed E-state index contributed by atoms with van der Waals surface area (Å²) in [5.74, 6) is 1.05. The van der Waals surface area contributed by atoms with Crippen LogP contribution in [0.3, 0.4) is 0 Å². The summed E-state index contributed by atoms with van der Waals surface area (Å²) in [6, 6.07) is 14.9. The number of carbonyl (C=O) groups is 1. The molecule has 0 bridgehead atoms. The molecule has 0 aromatic heterocycles. The molecule has 0 spiro atoms. The zero-order valence-electron chi connectivity index (χ0n) is 15.5. The lowest BCUT2D eigenvalue weighted by molar-refractivity contribution is -0.123. The molecule has 0 saturated heterocycles. The van der Waals surface area contributed by atoms with E-state index >= 15 is 0 Å². The third-order valence-electron chi connectivity index (χ3n) is 3.73. The third-order valence-corrected chi connectivity index (χ3v) is 4.23. The Labute approximate surface area is 168 Å². The molecule has 1 amide bonds. The number of ether oxygens (including phenoxy) is 2. The number of nitrogens with one attached hydrogen (secondary N) is 1. The van der Waals surface area contributed by atoms with Gasteiger partial charge in [0.1, 0.15) is 11.5 Å². The van der Waals surface area contributed by atoms with Crippen LogP contribution in [0.2, 0.25) is 0 Å². The van der Waals surface area contributed by atoms with Gasteiger partial charge in [0, 0.05) is 10.0 Å². The smallest absolute Gasteiger partial charge is 0.277 e. The molecule has 6 heteroatoms. The van der Waals surface area contributed by atoms with Crippen molar-refractivity contribution in [2.45, 2.75) is 32.6 Å². The minimum atomic E-state index is -0.329. The Morgan fingerprint density at radius 1 is 1.11 bits per heavy atom. The first-order valence-corrected chi connectivity index (χ1v) is 9.90. The van der Waals surface area contributed by atoms with Crippen LogP contribution in [-0.2, 0) is 4.79 Å². The molecule has 0 heterocycles. The van der Waals surface area contributed by atoms with Crippen molar-refractivity contribution < 1.29 is 14.3 Å². The average molecular weight is 433 g/mol. The predicted octanol–water partition coefficient (Wildman–Crippen LogP) is 4.94. The summed E-state index contributed by atoms with van der Waals surface area (Å²) in [7, 11) is 0. The molecule has 0 atom stereocenters. The first kappa shape index (κ1) is 21.0. The van der Waals surface area contributed by atoms with Crippen LogP contribution in [0, 0.1) is 0 Å². The molecule has 2 aromatic carbocycles. The van der Waals surface area contributed by atoms with Gasteiger partial charge in [0.05, 0.1) is 12.8 Å². The standard InChI is InChI=1S/C21H25BrN2O3/c1-2-3-4-7-13-26-20-12-6-5-9-17(20)15-23-24-21(25)16-27-19-11-8-10-18(22)14-19/h5-6,8-12,14-15H,2-4,7,13,16H2,1H3,(H,24,25)/b23-15+. The number of amides is 1. The van der Waals surface area contributed by atoms with Crippen molar-refractivity contribution in [3.05, 3.63) is 58.6 Å². The molecule has 0 aliphatic heterocycles. The van der Waals surface area contributed by atoms with E-state index in [1.165, 1.54) is 19.3 Å². The number of unbranched alkanes of at least 4 members (excludes halogenated alkanes) is 3. The fourth-order valence-corrected chi connectivity index (χ4v) is 2.72. The Morgan fingerprint density at radius 2 is 1.96 bits per heavy atom. The van der Waals surface area contributed by atoms with E-state index in [1.807, 2.05) is 36.4 Å². The summed E-state index contributed by atoms with van der Waals surface area (Å²) >= 11 is 3.36. The van der Waals surface area contributed by atoms with E-state index in [4.69, 9.17) is 9.47 Å². The van der Waals surface area contributed by atoms with Crippen molar-refractivity contribution in [1.82, 2.24) is 5.43 Å². The lowest BCUT2D eigenvalue weighted by Crippen LogP contribution is -2.24. The molecule has 0 aliphatic rings. The van der Waals surface area contributed by atoms with Crippen LogP contribution < -0.4 is 14.9 Å². The fourth-order valence-electron chi connectivity index (χ4n) is 2.34. The Kier molecular flexibility index (Phi) is 9.41. The normalized spacial score (nSPS) is 10.7. The summed E-state index contributed by atoms with van der Waals surface area (Å²) in [6.45, 7) is 2.76. The van der Waals surface area contributed by atoms with Gasteiger partial charge in [-0.3, -0.25) is 4.79 Å². The van der Waals surface area contributed by atoms with Gasteiger partial charge in [-0.2, -0.15) is 5.10 Å². The fraction of sp³-hybridized carbons (Fsp3) is 0.333. The molecule has 0 saturated carbocycles. The van der Waals surface area contributed by atoms with Crippen molar-refractivity contribution in [2.75, 3.05) is 13.2 Å². The van der Waals surface area contributed by atoms with Gasteiger partial charge in [-0.25, -0.2) is 5.43 Å². The maximum absolute atomic E-state index is 11.9. The first-order valence-electron chi connectivity index (χ1n) is 9.11. The molecular weight excluding hydrogens is 408 g/mol. The minimum absolute atomic E-state index is 0.108. The van der Waals surface area contributed by atoms with Crippen molar-refractivity contribution in [2.24, 2.45) is 5.10 Å². The maximum Gasteiger partial charge on any atom is 0.277 e. The zero-order valence-corrected chi connectivity index (χ0v) is 17.1. The number of carbonyl (C=O) groups excluding carboxylic acids is 1. The highest BCUT2D eigenvalue weighted by atomic mass is 79.9. The quantitative estimate of drug-likeness (QED) is 0.310. The molecule has 144 valence electrons. The van der Waals surface area contributed by atoms with Crippen LogP contribution in [0.25, 0.3) is 0 Å². The van der Waals surface area contributed by atoms with E-state index in [0.717, 1.165) is 22.2 Å². The van der Waals surface area contributed by atoms with Crippen molar-refractivity contribution in [3.8, 4) is 11.5 Å². The topological polar surface area (TPSA) is 59.9 Å². The Morgan fingerprint density at radius 3 is 2.78 bits per heavy atom. The second-order valence-electron chi connectivity index (χ2n) is 5.99. The number of para-hydroxylation sites is 1. The molecule has 0 fully saturated rings. The summed E-state index contributed by atoms with van der Waals surface area (Å²) < 4.78 is 12.1. The van der Waals surface area contributed by atoms with E-state index < -0.39 is 0 Å². The first-order chi connectivity index (χ1) is 13.2. The van der Waals surface area contributed by atoms with Crippen molar-refractivity contribution in [3.63, 3.8) is 0 Å². The molecule has 27 heavy (non-hydrogen) atoms. The minimum Gasteiger partial charge on any atom is -0.493 e. The molecule has 2 rings (SSSR count). The molecule has 0 aliphatic carbocycles. The summed E-state index contributed by atoms with van der Waals surface area (Å²) in [5.41, 5.74) is 3.29. The van der Waals surface area contributed by atoms with Crippen LogP contribution in [0.1, 0.15) is 38.2 Å². The SMILES string of the molecule is CCCCCCOc1ccccc1/C=N/NC(=O)COc1cccc(Br)c1. The number of halogens is 1. The molecule has 0 radical (unpaired) electrons. The number of rotatable bonds is 11. The van der Waals surface area contributed by atoms with E-state index in [-0.39, 0.29) is 12.5 Å². The highest BCUT2D eigenvalue weighted by molar-refractivity contribution is 9.10. The van der Waals surface area contributed by atoms with E-state index in [2.05, 4.69) is 33.4 Å². The second-order valence-corrected chi connectivity index (χ2v) is 6.90. The number of hydrazone groups is 1. The van der Waals surface area contributed by atoms with Gasteiger partial charge in [0.15, 0.2) is 6.61 Å². The van der Waals surface area contributed by atoms with Crippen LogP contribution in [0.15, 0.2) is 58.1 Å². The van der Waals surface area contributed by atoms with Crippen molar-refractivity contribution in [1.29, 1.82) is 0 Å². The molecule has 2 aromatic rings. The maximum atomic E-state index is 11.9. The van der Waals surface area contributed by atoms with Gasteiger partial charge in [0.25, 0.3) is 5.91 Å². The van der Waals surface area contributed by atoms with Gasteiger partial charge in [-0.15, -0.1) is 0 Å². The number of hydrogen-bond donors (Lipinski definition) is 1. The van der Waals surface area contributed by atoms with E-state index in [1.54, 1.807) is 18.3 Å². The van der Waals surface area contributed by atoms with Crippen LogP contribution in [0.5, 0.6) is 11.5 Å². The third kappa shape index (κ3) is 8.26. The van der Waals surface area contributed by atoms with Gasteiger partial charge in [-0.1, -0.05) is 60.3 Å². The van der Waals surface area contributed by atoms with Crippen LogP contribution in [0.4, 0.5) is 0 Å². The summed E-state index contributed by atoms with van der Waals surface area (Å²) in [4.78, 5) is 11.9. The highest BCUT2D eigenvalue weighted by Gasteiger charge is 2.03. The Hall–Kier alpha value is -2.34. The number of benzene rings is 2. The van der Waals surface area contributed by atoms with Gasteiger partial charge < -0.3 is 9.47 Å². The molecule has 1 N–H and O–H groups in total. The largest absolute Gasteiger partial charge is 0.493 e. The zero-order chi connectivity index (χ0) is 19.3. The average Bonchev–Trinajstić information content (AvgIpc) is 2.67. The number of nitrogens with zero attached hydrogens (tertiary/aromatic N) is 1. The molecular formula is C21H25BrN2O3. The number of hydrogen-bond acceptors (Lipinski definition) is 4. The molecule has 5 nitrogen and oxygen atoms in total. The van der Waals surface area contributed by atoms with E-state index in [0.29, 0.717) is 12.4 Å². The monoisotopic (exact) mass is 432 g/mol. The molecule has 0 unspecified atom stereocenters. The van der Waals surface area contributed by atoms with Crippen molar-refractivity contribution >= 4 is 28.1 Å². The Bertz CT molecular complexity index is 750. The summed E-state index contributed by atoms with van der Waals surface area (Å²) in [5, 5.41) is 4.00. The lowest BCUT2D eigenvalue weighted by atomic mass is 10.2. The Balaban J connectivity index is 1.78. The predicted molar refractivity (Wildman–Crippen MR) is 111 cm³/mol. The lowest BCUT2D eigenvalue weighted by Gasteiger charge is -2.08. The van der Waals surface area contributed by atoms with Crippen LogP contribution in [-0.4, -0.2) is 25.3 Å². The van der Waals surface area contributed by atoms with Gasteiger partial charge in [-0.05, 0) is 36.8 Å². The second kappa shape index (κ2) is 12.1. The van der Waals surface area contributed by atoms with Crippen LogP contribution >= 0.6 is 15.9 Å². The van der Waals surface area contributed by atoms with Gasteiger partial charge >= 0.3 is 0 Å². The highest BCUT2D eigenvalue weighted by Crippen LogP contribution is 2.18. The summed E-state index contributed by atoms with van der Waals surface area (Å²) in [6.07, 6.45) is 6.21. The van der Waals surface area contributed by atoms with E-state index in [9.17, 15) is 4.79 Å². The van der Waals surface area contributed by atoms with Gasteiger partial charge in [0.2, 0.25) is 0 Å².